The average Bonchev–Trinajstić information content (AvgIpc) is 2.03. The van der Waals surface area contributed by atoms with Gasteiger partial charge in [-0.25, -0.2) is 0 Å². The van der Waals surface area contributed by atoms with E-state index in [-0.39, 0.29) is 0 Å². The van der Waals surface area contributed by atoms with Gasteiger partial charge in [0.1, 0.15) is 0 Å². The van der Waals surface area contributed by atoms with E-state index in [4.69, 9.17) is 0 Å². The van der Waals surface area contributed by atoms with E-state index in [9.17, 15) is 0 Å². The lowest BCUT2D eigenvalue weighted by Gasteiger charge is -2.06. The summed E-state index contributed by atoms with van der Waals surface area (Å²) in [4.78, 5) is 4.50. The normalized spacial score (nSPS) is 21.5. The van der Waals surface area contributed by atoms with Gasteiger partial charge in [-0.3, -0.25) is 4.99 Å². The van der Waals surface area contributed by atoms with Crippen molar-refractivity contribution in [3.8, 4) is 0 Å². The zero-order chi connectivity index (χ0) is 8.10. The molecule has 2 heteroatoms. The van der Waals surface area contributed by atoms with Gasteiger partial charge in [-0.1, -0.05) is 13.8 Å². The predicted molar refractivity (Wildman–Crippen MR) is 53.4 cm³/mol. The number of nitrogens with zero attached hydrogens (tertiary/aromatic N) is 1. The van der Waals surface area contributed by atoms with E-state index in [1.807, 2.05) is 11.8 Å². The van der Waals surface area contributed by atoms with Gasteiger partial charge in [0, 0.05) is 18.0 Å². The molecule has 62 valence electrons. The van der Waals surface area contributed by atoms with Crippen molar-refractivity contribution in [1.29, 1.82) is 0 Å². The molecule has 0 atom stereocenters. The van der Waals surface area contributed by atoms with E-state index >= 15 is 0 Å². The molecule has 0 radical (unpaired) electrons. The molecular weight excluding hydrogens is 154 g/mol. The van der Waals surface area contributed by atoms with Crippen molar-refractivity contribution in [2.75, 3.05) is 12.3 Å². The highest BCUT2D eigenvalue weighted by molar-refractivity contribution is 8.02. The van der Waals surface area contributed by atoms with Crippen LogP contribution in [-0.4, -0.2) is 18.0 Å². The lowest BCUT2D eigenvalue weighted by atomic mass is 10.2. The van der Waals surface area contributed by atoms with Crippen LogP contribution in [0.15, 0.2) is 16.5 Å². The van der Waals surface area contributed by atoms with Crippen molar-refractivity contribution < 1.29 is 0 Å². The first kappa shape index (κ1) is 8.85. The maximum Gasteiger partial charge on any atom is 0.0415 e. The molecule has 0 aromatic heterocycles. The molecule has 0 saturated carbocycles. The molecule has 1 aliphatic rings. The lowest BCUT2D eigenvalue weighted by molar-refractivity contribution is 0.665. The second kappa shape index (κ2) is 4.60. The summed E-state index contributed by atoms with van der Waals surface area (Å²) in [6.07, 6.45) is 3.28. The fraction of sp³-hybridized carbons (Fsp3) is 0.667. The molecule has 1 aliphatic heterocycles. The molecule has 1 rings (SSSR count). The zero-order valence-corrected chi connectivity index (χ0v) is 8.03. The van der Waals surface area contributed by atoms with Crippen LogP contribution in [0.5, 0.6) is 0 Å². The van der Waals surface area contributed by atoms with Gasteiger partial charge < -0.3 is 0 Å². The molecule has 0 fully saturated rings. The maximum atomic E-state index is 4.50. The predicted octanol–water partition coefficient (Wildman–Crippen LogP) is 2.73. The largest absolute Gasteiger partial charge is 0.289 e. The van der Waals surface area contributed by atoms with Gasteiger partial charge in [-0.15, -0.1) is 11.8 Å². The molecule has 0 spiro atoms. The van der Waals surface area contributed by atoms with Crippen molar-refractivity contribution in [2.24, 2.45) is 10.9 Å². The van der Waals surface area contributed by atoms with Crippen molar-refractivity contribution in [3.63, 3.8) is 0 Å². The standard InChI is InChI=1S/C9H15NS/c1-8(2)7-10-9-3-5-11-6-4-9/h3,5,8H,4,6-7H2,1-2H3. The lowest BCUT2D eigenvalue weighted by Crippen LogP contribution is -2.03. The number of hydrogen-bond acceptors (Lipinski definition) is 2. The Morgan fingerprint density at radius 1 is 1.64 bits per heavy atom. The first-order valence-electron chi connectivity index (χ1n) is 4.10. The van der Waals surface area contributed by atoms with Crippen molar-refractivity contribution >= 4 is 17.5 Å². The molecule has 1 heterocycles. The molecule has 0 aromatic rings. The van der Waals surface area contributed by atoms with Crippen LogP contribution in [0.3, 0.4) is 0 Å². The Bertz CT molecular complexity index is 170. The first-order valence-corrected chi connectivity index (χ1v) is 5.15. The Hall–Kier alpha value is -0.240. The second-order valence-electron chi connectivity index (χ2n) is 3.15. The third-order valence-corrected chi connectivity index (χ3v) is 2.26. The van der Waals surface area contributed by atoms with Crippen LogP contribution in [0.2, 0.25) is 0 Å². The van der Waals surface area contributed by atoms with Gasteiger partial charge in [0.05, 0.1) is 0 Å². The summed E-state index contributed by atoms with van der Waals surface area (Å²) in [7, 11) is 0. The molecule has 0 unspecified atom stereocenters. The molecule has 0 N–H and O–H groups in total. The van der Waals surface area contributed by atoms with E-state index < -0.39 is 0 Å². The smallest absolute Gasteiger partial charge is 0.0415 e. The molecule has 1 nitrogen and oxygen atoms in total. The van der Waals surface area contributed by atoms with Crippen molar-refractivity contribution in [3.05, 3.63) is 11.5 Å². The SMILES string of the molecule is CC(C)CN=C1C=CSCC1. The van der Waals surface area contributed by atoms with Crippen molar-refractivity contribution in [1.82, 2.24) is 0 Å². The monoisotopic (exact) mass is 169 g/mol. The fourth-order valence-electron chi connectivity index (χ4n) is 0.873. The topological polar surface area (TPSA) is 12.4 Å². The molecule has 0 aliphatic carbocycles. The fourth-order valence-corrected chi connectivity index (χ4v) is 1.59. The van der Waals surface area contributed by atoms with Gasteiger partial charge in [0.2, 0.25) is 0 Å². The van der Waals surface area contributed by atoms with E-state index in [0.29, 0.717) is 5.92 Å². The number of hydrogen-bond donors (Lipinski definition) is 0. The van der Waals surface area contributed by atoms with Crippen LogP contribution in [-0.2, 0) is 0 Å². The van der Waals surface area contributed by atoms with Gasteiger partial charge in [-0.05, 0) is 23.8 Å². The van der Waals surface area contributed by atoms with Crippen LogP contribution in [0.25, 0.3) is 0 Å². The van der Waals surface area contributed by atoms with Gasteiger partial charge in [0.25, 0.3) is 0 Å². The van der Waals surface area contributed by atoms with E-state index in [1.165, 1.54) is 11.5 Å². The third kappa shape index (κ3) is 3.61. The summed E-state index contributed by atoms with van der Waals surface area (Å²) < 4.78 is 0. The van der Waals surface area contributed by atoms with Crippen LogP contribution in [0.1, 0.15) is 20.3 Å². The van der Waals surface area contributed by atoms with Crippen molar-refractivity contribution in [2.45, 2.75) is 20.3 Å². The quantitative estimate of drug-likeness (QED) is 0.619. The van der Waals surface area contributed by atoms with Crippen LogP contribution < -0.4 is 0 Å². The minimum absolute atomic E-state index is 0.686. The van der Waals surface area contributed by atoms with E-state index in [2.05, 4.69) is 30.3 Å². The summed E-state index contributed by atoms with van der Waals surface area (Å²) in [5.41, 5.74) is 1.28. The average molecular weight is 169 g/mol. The first-order chi connectivity index (χ1) is 5.29. The Labute approximate surface area is 73.0 Å². The number of thioether (sulfide) groups is 1. The number of rotatable bonds is 2. The molecule has 11 heavy (non-hydrogen) atoms. The zero-order valence-electron chi connectivity index (χ0n) is 7.21. The number of aliphatic imine (C=N–C) groups is 1. The molecule has 0 bridgehead atoms. The molecule has 0 saturated heterocycles. The molecular formula is C9H15NS. The van der Waals surface area contributed by atoms with Crippen LogP contribution in [0.4, 0.5) is 0 Å². The van der Waals surface area contributed by atoms with E-state index in [1.54, 1.807) is 0 Å². The summed E-state index contributed by atoms with van der Waals surface area (Å²) in [6, 6.07) is 0. The minimum atomic E-state index is 0.686. The summed E-state index contributed by atoms with van der Waals surface area (Å²) in [5, 5.41) is 2.14. The highest BCUT2D eigenvalue weighted by Gasteiger charge is 2.00. The summed E-state index contributed by atoms with van der Waals surface area (Å²) in [6.45, 7) is 5.38. The third-order valence-electron chi connectivity index (χ3n) is 1.49. The summed E-state index contributed by atoms with van der Waals surface area (Å²) in [5.74, 6) is 1.89. The highest BCUT2D eigenvalue weighted by Crippen LogP contribution is 2.12. The minimum Gasteiger partial charge on any atom is -0.289 e. The number of allylic oxidation sites excluding steroid dienone is 1. The molecule has 0 amide bonds. The Morgan fingerprint density at radius 2 is 2.45 bits per heavy atom. The Balaban J connectivity index is 2.38. The molecule has 0 aromatic carbocycles. The van der Waals surface area contributed by atoms with Gasteiger partial charge in [0.15, 0.2) is 0 Å². The van der Waals surface area contributed by atoms with Gasteiger partial charge >= 0.3 is 0 Å². The van der Waals surface area contributed by atoms with E-state index in [0.717, 1.165) is 13.0 Å². The highest BCUT2D eigenvalue weighted by atomic mass is 32.2. The summed E-state index contributed by atoms with van der Waals surface area (Å²) >= 11 is 1.87. The Kier molecular flexibility index (Phi) is 3.70. The van der Waals surface area contributed by atoms with Crippen LogP contribution >= 0.6 is 11.8 Å². The second-order valence-corrected chi connectivity index (χ2v) is 4.16. The van der Waals surface area contributed by atoms with Crippen LogP contribution in [0, 0.1) is 5.92 Å². The van der Waals surface area contributed by atoms with Gasteiger partial charge in [-0.2, -0.15) is 0 Å². The Morgan fingerprint density at radius 3 is 3.00 bits per heavy atom. The maximum absolute atomic E-state index is 4.50.